The highest BCUT2D eigenvalue weighted by Crippen LogP contribution is 2.44. The topological polar surface area (TPSA) is 46.5 Å². The third kappa shape index (κ3) is 2.71. The first kappa shape index (κ1) is 17.3. The van der Waals surface area contributed by atoms with Crippen molar-refractivity contribution in [1.29, 1.82) is 0 Å². The Balaban J connectivity index is 1.74. The Labute approximate surface area is 168 Å². The van der Waals surface area contributed by atoms with Gasteiger partial charge in [0.15, 0.2) is 5.60 Å². The largest absolute Gasteiger partial charge is 0.478 e. The second kappa shape index (κ2) is 6.64. The number of hydrogen-bond donors (Lipinski definition) is 1. The number of hydrogen-bond acceptors (Lipinski definition) is 2. The van der Waals surface area contributed by atoms with Crippen molar-refractivity contribution < 1.29 is 14.6 Å². The molecule has 0 atom stereocenters. The number of aromatic carboxylic acids is 1. The van der Waals surface area contributed by atoms with Crippen molar-refractivity contribution in [3.63, 3.8) is 0 Å². The molecule has 0 saturated heterocycles. The highest BCUT2D eigenvalue weighted by atomic mass is 16.5. The number of benzene rings is 4. The highest BCUT2D eigenvalue weighted by Gasteiger charge is 2.37. The minimum Gasteiger partial charge on any atom is -0.478 e. The molecule has 4 aromatic carbocycles. The summed E-state index contributed by atoms with van der Waals surface area (Å²) in [5, 5.41) is 11.1. The van der Waals surface area contributed by atoms with Gasteiger partial charge in [-0.2, -0.15) is 0 Å². The van der Waals surface area contributed by atoms with Crippen molar-refractivity contribution in [1.82, 2.24) is 0 Å². The molecule has 3 heteroatoms. The van der Waals surface area contributed by atoms with Gasteiger partial charge in [-0.1, -0.05) is 72.8 Å². The van der Waals surface area contributed by atoms with Crippen molar-refractivity contribution in [2.75, 3.05) is 0 Å². The molecule has 1 aliphatic rings. The van der Waals surface area contributed by atoms with Crippen LogP contribution in [0.2, 0.25) is 0 Å². The zero-order chi connectivity index (χ0) is 19.8. The van der Waals surface area contributed by atoms with Crippen LogP contribution in [0.4, 0.5) is 0 Å². The number of carboxylic acid groups (broad SMARTS) is 1. The maximum atomic E-state index is 11.6. The monoisotopic (exact) mass is 378 g/mol. The molecule has 3 nitrogen and oxygen atoms in total. The third-order valence-electron chi connectivity index (χ3n) is 5.45. The molecular weight excluding hydrogens is 360 g/mol. The van der Waals surface area contributed by atoms with Crippen molar-refractivity contribution in [3.05, 3.63) is 119 Å². The maximum absolute atomic E-state index is 11.6. The van der Waals surface area contributed by atoms with E-state index in [2.05, 4.69) is 30.3 Å². The number of carboxylic acids is 1. The summed E-state index contributed by atoms with van der Waals surface area (Å²) < 4.78 is 6.67. The van der Waals surface area contributed by atoms with Crippen LogP contribution < -0.4 is 4.74 Å². The molecule has 140 valence electrons. The quantitative estimate of drug-likeness (QED) is 0.484. The zero-order valence-corrected chi connectivity index (χ0v) is 15.6. The average molecular weight is 378 g/mol. The predicted octanol–water partition coefficient (Wildman–Crippen LogP) is 5.89. The summed E-state index contributed by atoms with van der Waals surface area (Å²) >= 11 is 0. The van der Waals surface area contributed by atoms with Gasteiger partial charge in [0, 0.05) is 16.7 Å². The van der Waals surface area contributed by atoms with Crippen LogP contribution >= 0.6 is 0 Å². The molecule has 1 heterocycles. The number of ether oxygens (including phenoxy) is 1. The molecule has 0 aromatic heterocycles. The van der Waals surface area contributed by atoms with Crippen molar-refractivity contribution >= 4 is 22.8 Å². The van der Waals surface area contributed by atoms with Crippen LogP contribution in [-0.2, 0) is 5.60 Å². The standard InChI is InChI=1S/C26H18O3/c27-25(28)23-13-7-12-20-21(23)14-15-24-22(20)16-17-26(29-24,18-8-3-1-4-9-18)19-10-5-2-6-11-19/h1-17H,(H,27,28). The average Bonchev–Trinajstić information content (AvgIpc) is 2.79. The maximum Gasteiger partial charge on any atom is 0.336 e. The first-order chi connectivity index (χ1) is 14.2. The Kier molecular flexibility index (Phi) is 3.95. The molecule has 29 heavy (non-hydrogen) atoms. The Morgan fingerprint density at radius 2 is 1.38 bits per heavy atom. The lowest BCUT2D eigenvalue weighted by Gasteiger charge is -2.36. The summed E-state index contributed by atoms with van der Waals surface area (Å²) in [6.45, 7) is 0. The molecule has 0 spiro atoms. The SMILES string of the molecule is O=C(O)c1cccc2c3c(ccc12)OC(c1ccccc1)(c1ccccc1)C=C3. The van der Waals surface area contributed by atoms with Crippen LogP contribution in [0.5, 0.6) is 5.75 Å². The van der Waals surface area contributed by atoms with Gasteiger partial charge in [0.25, 0.3) is 0 Å². The molecule has 4 aromatic rings. The predicted molar refractivity (Wildman–Crippen MR) is 114 cm³/mol. The van der Waals surface area contributed by atoms with Crippen LogP contribution in [0.25, 0.3) is 16.8 Å². The van der Waals surface area contributed by atoms with Crippen molar-refractivity contribution in [2.45, 2.75) is 5.60 Å². The summed E-state index contributed by atoms with van der Waals surface area (Å²) in [7, 11) is 0. The minimum absolute atomic E-state index is 0.293. The molecule has 1 aliphatic heterocycles. The first-order valence-electron chi connectivity index (χ1n) is 9.47. The molecule has 0 saturated carbocycles. The normalized spacial score (nSPS) is 14.2. The van der Waals surface area contributed by atoms with E-state index in [1.54, 1.807) is 12.1 Å². The van der Waals surface area contributed by atoms with E-state index in [1.165, 1.54) is 0 Å². The van der Waals surface area contributed by atoms with Gasteiger partial charge >= 0.3 is 5.97 Å². The van der Waals surface area contributed by atoms with E-state index in [9.17, 15) is 9.90 Å². The van der Waals surface area contributed by atoms with Gasteiger partial charge in [-0.05, 0) is 41.1 Å². The lowest BCUT2D eigenvalue weighted by molar-refractivity contribution is 0.0699. The molecule has 1 N–H and O–H groups in total. The van der Waals surface area contributed by atoms with Crippen LogP contribution in [0, 0.1) is 0 Å². The Bertz CT molecular complexity index is 1200. The van der Waals surface area contributed by atoms with Crippen molar-refractivity contribution in [2.24, 2.45) is 0 Å². The Morgan fingerprint density at radius 3 is 2.00 bits per heavy atom. The fourth-order valence-electron chi connectivity index (χ4n) is 4.07. The minimum atomic E-state index is -0.931. The lowest BCUT2D eigenvalue weighted by atomic mass is 9.83. The molecule has 0 unspecified atom stereocenters. The van der Waals surface area contributed by atoms with Crippen LogP contribution in [-0.4, -0.2) is 11.1 Å². The van der Waals surface area contributed by atoms with Gasteiger partial charge < -0.3 is 9.84 Å². The molecular formula is C26H18O3. The summed E-state index contributed by atoms with van der Waals surface area (Å²) in [4.78, 5) is 11.6. The second-order valence-corrected chi connectivity index (χ2v) is 7.09. The number of fused-ring (bicyclic) bond motifs is 3. The van der Waals surface area contributed by atoms with Gasteiger partial charge in [0.05, 0.1) is 5.56 Å². The summed E-state index contributed by atoms with van der Waals surface area (Å²) in [5.74, 6) is -0.200. The van der Waals surface area contributed by atoms with Crippen LogP contribution in [0.1, 0.15) is 27.0 Å². The molecule has 0 aliphatic carbocycles. The van der Waals surface area contributed by atoms with Gasteiger partial charge in [-0.15, -0.1) is 0 Å². The van der Waals surface area contributed by atoms with E-state index in [0.717, 1.165) is 27.8 Å². The van der Waals surface area contributed by atoms with Crippen molar-refractivity contribution in [3.8, 4) is 5.75 Å². The second-order valence-electron chi connectivity index (χ2n) is 7.09. The lowest BCUT2D eigenvalue weighted by Crippen LogP contribution is -2.34. The molecule has 5 rings (SSSR count). The molecule has 0 fully saturated rings. The highest BCUT2D eigenvalue weighted by molar-refractivity contribution is 6.06. The third-order valence-corrected chi connectivity index (χ3v) is 5.45. The Hall–Kier alpha value is -3.85. The van der Waals surface area contributed by atoms with E-state index >= 15 is 0 Å². The van der Waals surface area contributed by atoms with E-state index in [1.807, 2.05) is 60.7 Å². The number of carbonyl (C=O) groups is 1. The summed E-state index contributed by atoms with van der Waals surface area (Å²) in [6, 6.07) is 29.3. The fourth-order valence-corrected chi connectivity index (χ4v) is 4.07. The van der Waals surface area contributed by atoms with Gasteiger partial charge in [0.1, 0.15) is 5.75 Å². The van der Waals surface area contributed by atoms with E-state index in [-0.39, 0.29) is 0 Å². The van der Waals surface area contributed by atoms with Gasteiger partial charge in [-0.3, -0.25) is 0 Å². The molecule has 0 radical (unpaired) electrons. The molecule has 0 bridgehead atoms. The Morgan fingerprint density at radius 1 is 0.724 bits per heavy atom. The zero-order valence-electron chi connectivity index (χ0n) is 15.6. The number of rotatable bonds is 3. The van der Waals surface area contributed by atoms with Crippen LogP contribution in [0.15, 0.2) is 97.1 Å². The van der Waals surface area contributed by atoms with Gasteiger partial charge in [0.2, 0.25) is 0 Å². The van der Waals surface area contributed by atoms with Gasteiger partial charge in [-0.25, -0.2) is 4.79 Å². The van der Waals surface area contributed by atoms with E-state index < -0.39 is 11.6 Å². The van der Waals surface area contributed by atoms with E-state index in [4.69, 9.17) is 4.74 Å². The summed E-state index contributed by atoms with van der Waals surface area (Å²) in [6.07, 6.45) is 4.11. The van der Waals surface area contributed by atoms with Crippen LogP contribution in [0.3, 0.4) is 0 Å². The smallest absolute Gasteiger partial charge is 0.336 e. The van der Waals surface area contributed by atoms with E-state index in [0.29, 0.717) is 10.9 Å². The fraction of sp³-hybridized carbons (Fsp3) is 0.0385. The molecule has 0 amide bonds. The first-order valence-corrected chi connectivity index (χ1v) is 9.47. The summed E-state index contributed by atoms with van der Waals surface area (Å²) in [5.41, 5.74) is 2.52.